The van der Waals surface area contributed by atoms with Crippen molar-refractivity contribution < 1.29 is 18.0 Å². The fourth-order valence-corrected chi connectivity index (χ4v) is 4.05. The number of alkyl halides is 3. The van der Waals surface area contributed by atoms with Crippen molar-refractivity contribution >= 4 is 23.5 Å². The van der Waals surface area contributed by atoms with Gasteiger partial charge in [0.2, 0.25) is 11.9 Å². The lowest BCUT2D eigenvalue weighted by atomic mass is 9.96. The standard InChI is InChI=1S/C24H21F3N8O/c1-34-23(30-17-5-2-14(3-6-17)19-8-10-29-22(28)31-19)32-20(33-34)16-4-7-18-15(12-16)9-11-35(21(18)36)13-24(25,26)27/h2-8,10,12H,9,11,13H2,1H3,(H2,28,29,31)(H,30,32,33). The molecule has 1 amide bonds. The topological polar surface area (TPSA) is 115 Å². The summed E-state index contributed by atoms with van der Waals surface area (Å²) in [6.45, 7) is -1.24. The van der Waals surface area contributed by atoms with E-state index in [-0.39, 0.29) is 18.1 Å². The van der Waals surface area contributed by atoms with E-state index < -0.39 is 18.6 Å². The van der Waals surface area contributed by atoms with Crippen LogP contribution in [0, 0.1) is 0 Å². The smallest absolute Gasteiger partial charge is 0.368 e. The molecule has 3 heterocycles. The van der Waals surface area contributed by atoms with Crippen LogP contribution in [-0.2, 0) is 13.5 Å². The van der Waals surface area contributed by atoms with Gasteiger partial charge in [0.15, 0.2) is 5.82 Å². The number of rotatable bonds is 5. The summed E-state index contributed by atoms with van der Waals surface area (Å²) < 4.78 is 39.9. The first-order valence-corrected chi connectivity index (χ1v) is 11.0. The molecule has 9 nitrogen and oxygen atoms in total. The number of carbonyl (C=O) groups is 1. The van der Waals surface area contributed by atoms with Gasteiger partial charge < -0.3 is 16.0 Å². The van der Waals surface area contributed by atoms with Crippen LogP contribution in [0.2, 0.25) is 0 Å². The number of halogens is 3. The van der Waals surface area contributed by atoms with Gasteiger partial charge in [-0.3, -0.25) is 4.79 Å². The van der Waals surface area contributed by atoms with Gasteiger partial charge in [0.25, 0.3) is 5.91 Å². The van der Waals surface area contributed by atoms with Gasteiger partial charge in [0, 0.05) is 42.2 Å². The number of nitrogens with two attached hydrogens (primary N) is 1. The zero-order valence-corrected chi connectivity index (χ0v) is 19.1. The highest BCUT2D eigenvalue weighted by atomic mass is 19.4. The molecule has 0 aliphatic carbocycles. The van der Waals surface area contributed by atoms with Crippen molar-refractivity contribution in [1.29, 1.82) is 0 Å². The lowest BCUT2D eigenvalue weighted by Gasteiger charge is -2.29. The Morgan fingerprint density at radius 2 is 1.81 bits per heavy atom. The molecule has 12 heteroatoms. The van der Waals surface area contributed by atoms with E-state index in [4.69, 9.17) is 5.73 Å². The number of carbonyl (C=O) groups excluding carboxylic acids is 1. The fraction of sp³-hybridized carbons (Fsp3) is 0.208. The predicted octanol–water partition coefficient (Wildman–Crippen LogP) is 3.83. The normalized spacial score (nSPS) is 13.6. The minimum atomic E-state index is -4.43. The molecule has 1 aliphatic heterocycles. The Balaban J connectivity index is 1.33. The van der Waals surface area contributed by atoms with Gasteiger partial charge in [-0.2, -0.15) is 18.2 Å². The summed E-state index contributed by atoms with van der Waals surface area (Å²) in [5.41, 5.74) is 9.65. The molecule has 0 spiro atoms. The van der Waals surface area contributed by atoms with Gasteiger partial charge in [0.1, 0.15) is 6.54 Å². The average molecular weight is 494 g/mol. The van der Waals surface area contributed by atoms with Gasteiger partial charge in [-0.25, -0.2) is 14.6 Å². The number of fused-ring (bicyclic) bond motifs is 1. The van der Waals surface area contributed by atoms with Crippen LogP contribution in [-0.4, -0.2) is 54.8 Å². The third-order valence-electron chi connectivity index (χ3n) is 5.78. The lowest BCUT2D eigenvalue weighted by molar-refractivity contribution is -0.141. The molecule has 2 aromatic carbocycles. The monoisotopic (exact) mass is 494 g/mol. The first kappa shape index (κ1) is 23.3. The fourth-order valence-electron chi connectivity index (χ4n) is 4.05. The molecule has 0 saturated carbocycles. The third kappa shape index (κ3) is 4.83. The number of amides is 1. The van der Waals surface area contributed by atoms with Crippen LogP contribution in [0.5, 0.6) is 0 Å². The summed E-state index contributed by atoms with van der Waals surface area (Å²) >= 11 is 0. The zero-order chi connectivity index (χ0) is 25.4. The summed E-state index contributed by atoms with van der Waals surface area (Å²) in [6, 6.07) is 14.3. The number of nitrogens with one attached hydrogen (secondary N) is 1. The van der Waals surface area contributed by atoms with E-state index in [0.717, 1.165) is 16.2 Å². The van der Waals surface area contributed by atoms with Crippen LogP contribution in [0.3, 0.4) is 0 Å². The van der Waals surface area contributed by atoms with Crippen LogP contribution in [0.4, 0.5) is 30.8 Å². The summed E-state index contributed by atoms with van der Waals surface area (Å²) in [6.07, 6.45) is -2.51. The van der Waals surface area contributed by atoms with Crippen molar-refractivity contribution in [3.63, 3.8) is 0 Å². The second-order valence-electron chi connectivity index (χ2n) is 8.35. The van der Waals surface area contributed by atoms with Crippen LogP contribution >= 0.6 is 0 Å². The molecule has 0 bridgehead atoms. The molecule has 184 valence electrons. The summed E-state index contributed by atoms with van der Waals surface area (Å²) in [4.78, 5) is 26.0. The van der Waals surface area contributed by atoms with Gasteiger partial charge in [-0.15, -0.1) is 5.10 Å². The largest absolute Gasteiger partial charge is 0.406 e. The molecular weight excluding hydrogens is 473 g/mol. The Bertz CT molecular complexity index is 1430. The molecule has 4 aromatic rings. The van der Waals surface area contributed by atoms with Gasteiger partial charge in [0.05, 0.1) is 5.69 Å². The van der Waals surface area contributed by atoms with Crippen LogP contribution in [0.25, 0.3) is 22.6 Å². The van der Waals surface area contributed by atoms with Gasteiger partial charge in [-0.1, -0.05) is 18.2 Å². The van der Waals surface area contributed by atoms with Crippen molar-refractivity contribution in [2.24, 2.45) is 7.05 Å². The van der Waals surface area contributed by atoms with Crippen molar-refractivity contribution in [2.45, 2.75) is 12.6 Å². The number of anilines is 3. The SMILES string of the molecule is Cn1nc(-c2ccc3c(c2)CCN(CC(F)(F)F)C3=O)nc1Nc1ccc(-c2ccnc(N)n2)cc1. The first-order chi connectivity index (χ1) is 17.2. The van der Waals surface area contributed by atoms with E-state index in [0.29, 0.717) is 35.0 Å². The molecule has 1 aliphatic rings. The Morgan fingerprint density at radius 3 is 2.53 bits per heavy atom. The molecule has 3 N–H and O–H groups in total. The second kappa shape index (κ2) is 8.95. The number of aryl methyl sites for hydroxylation is 1. The highest BCUT2D eigenvalue weighted by molar-refractivity contribution is 5.97. The maximum Gasteiger partial charge on any atom is 0.406 e. The van der Waals surface area contributed by atoms with Gasteiger partial charge >= 0.3 is 6.18 Å². The minimum Gasteiger partial charge on any atom is -0.368 e. The highest BCUT2D eigenvalue weighted by Crippen LogP contribution is 2.28. The predicted molar refractivity (Wildman–Crippen MR) is 127 cm³/mol. The second-order valence-corrected chi connectivity index (χ2v) is 8.35. The Labute approximate surface area is 203 Å². The molecule has 0 atom stereocenters. The molecule has 0 saturated heterocycles. The molecule has 0 unspecified atom stereocenters. The van der Waals surface area contributed by atoms with E-state index in [2.05, 4.69) is 25.4 Å². The molecule has 0 radical (unpaired) electrons. The Morgan fingerprint density at radius 1 is 1.06 bits per heavy atom. The van der Waals surface area contributed by atoms with Crippen molar-refractivity contribution in [3.8, 4) is 22.6 Å². The van der Waals surface area contributed by atoms with Crippen LogP contribution in [0.15, 0.2) is 54.7 Å². The van der Waals surface area contributed by atoms with Crippen molar-refractivity contribution in [1.82, 2.24) is 29.6 Å². The quantitative estimate of drug-likeness (QED) is 0.433. The average Bonchev–Trinajstić information content (AvgIpc) is 3.20. The maximum absolute atomic E-state index is 12.8. The lowest BCUT2D eigenvalue weighted by Crippen LogP contribution is -2.43. The molecule has 5 rings (SSSR count). The highest BCUT2D eigenvalue weighted by Gasteiger charge is 2.35. The van der Waals surface area contributed by atoms with E-state index >= 15 is 0 Å². The van der Waals surface area contributed by atoms with E-state index in [1.54, 1.807) is 36.1 Å². The van der Waals surface area contributed by atoms with E-state index in [9.17, 15) is 18.0 Å². The number of nitrogen functional groups attached to an aromatic ring is 1. The first-order valence-electron chi connectivity index (χ1n) is 11.0. The van der Waals surface area contributed by atoms with Crippen LogP contribution < -0.4 is 11.1 Å². The summed E-state index contributed by atoms with van der Waals surface area (Å²) in [5.74, 6) is 0.506. The molecule has 2 aromatic heterocycles. The third-order valence-corrected chi connectivity index (χ3v) is 5.78. The number of benzene rings is 2. The maximum atomic E-state index is 12.8. The Hall–Kier alpha value is -4.48. The number of aromatic nitrogens is 5. The van der Waals surface area contributed by atoms with Crippen molar-refractivity contribution in [3.05, 3.63) is 65.9 Å². The van der Waals surface area contributed by atoms with Crippen molar-refractivity contribution in [2.75, 3.05) is 24.1 Å². The number of hydrogen-bond donors (Lipinski definition) is 2. The number of nitrogens with zero attached hydrogens (tertiary/aromatic N) is 6. The molecular formula is C24H21F3N8O. The Kier molecular flexibility index (Phi) is 5.78. The van der Waals surface area contributed by atoms with E-state index in [1.807, 2.05) is 24.3 Å². The molecule has 36 heavy (non-hydrogen) atoms. The zero-order valence-electron chi connectivity index (χ0n) is 19.1. The van der Waals surface area contributed by atoms with E-state index in [1.165, 1.54) is 6.07 Å². The molecule has 0 fully saturated rings. The number of hydrogen-bond acceptors (Lipinski definition) is 7. The minimum absolute atomic E-state index is 0.00878. The summed E-state index contributed by atoms with van der Waals surface area (Å²) in [5, 5.41) is 7.67. The van der Waals surface area contributed by atoms with Gasteiger partial charge in [-0.05, 0) is 42.3 Å². The summed E-state index contributed by atoms with van der Waals surface area (Å²) in [7, 11) is 1.74. The van der Waals surface area contributed by atoms with Crippen LogP contribution in [0.1, 0.15) is 15.9 Å².